The Bertz CT molecular complexity index is 784. The first-order valence-electron chi connectivity index (χ1n) is 9.18. The number of para-hydroxylation sites is 1. The summed E-state index contributed by atoms with van der Waals surface area (Å²) in [4.78, 5) is 19.3. The van der Waals surface area contributed by atoms with Crippen LogP contribution in [0.1, 0.15) is 23.2 Å². The molecule has 2 aromatic carbocycles. The number of hydrogen-bond acceptors (Lipinski definition) is 4. The van der Waals surface area contributed by atoms with E-state index in [2.05, 4.69) is 15.6 Å². The van der Waals surface area contributed by atoms with Crippen molar-refractivity contribution < 1.29 is 9.53 Å². The maximum atomic E-state index is 12.7. The number of nitrogens with one attached hydrogen (secondary N) is 2. The molecule has 1 atom stereocenters. The Hall–Kier alpha value is -2.86. The molecule has 0 aromatic heterocycles. The van der Waals surface area contributed by atoms with E-state index >= 15 is 0 Å². The zero-order valence-corrected chi connectivity index (χ0v) is 15.8. The van der Waals surface area contributed by atoms with E-state index < -0.39 is 0 Å². The second-order valence-corrected chi connectivity index (χ2v) is 6.71. The molecule has 1 heterocycles. The molecular weight excluding hydrogens is 340 g/mol. The average Bonchev–Trinajstić information content (AvgIpc) is 3.20. The Kier molecular flexibility index (Phi) is 6.44. The molecule has 142 valence electrons. The number of benzene rings is 2. The van der Waals surface area contributed by atoms with Gasteiger partial charge in [0, 0.05) is 37.6 Å². The first kappa shape index (κ1) is 18.9. The summed E-state index contributed by atoms with van der Waals surface area (Å²) in [6.45, 7) is 1.30. The largest absolute Gasteiger partial charge is 0.378 e. The summed E-state index contributed by atoms with van der Waals surface area (Å²) in [5, 5.41) is 6.09. The monoisotopic (exact) mass is 366 g/mol. The number of amides is 1. The summed E-state index contributed by atoms with van der Waals surface area (Å²) in [6.07, 6.45) is 2.18. The van der Waals surface area contributed by atoms with Crippen LogP contribution in [-0.4, -0.2) is 45.2 Å². The normalized spacial score (nSPS) is 16.8. The van der Waals surface area contributed by atoms with Gasteiger partial charge in [0.15, 0.2) is 0 Å². The first-order valence-corrected chi connectivity index (χ1v) is 9.18. The van der Waals surface area contributed by atoms with Crippen molar-refractivity contribution in [2.24, 2.45) is 4.99 Å². The Morgan fingerprint density at radius 2 is 2.00 bits per heavy atom. The number of hydrogen-bond donors (Lipinski definition) is 2. The molecular formula is C21H26N4O2. The molecule has 1 fully saturated rings. The highest BCUT2D eigenvalue weighted by Gasteiger charge is 2.16. The van der Waals surface area contributed by atoms with E-state index in [0.717, 1.165) is 30.8 Å². The van der Waals surface area contributed by atoms with Crippen LogP contribution in [0, 0.1) is 0 Å². The molecule has 0 radical (unpaired) electrons. The fourth-order valence-corrected chi connectivity index (χ4v) is 2.85. The van der Waals surface area contributed by atoms with Crippen LogP contribution in [0.2, 0.25) is 0 Å². The molecule has 1 saturated heterocycles. The lowest BCUT2D eigenvalue weighted by atomic mass is 10.2. The van der Waals surface area contributed by atoms with Gasteiger partial charge >= 0.3 is 0 Å². The van der Waals surface area contributed by atoms with Crippen LogP contribution in [0.15, 0.2) is 59.6 Å². The molecule has 0 spiro atoms. The minimum atomic E-state index is -0.201. The molecule has 0 bridgehead atoms. The summed E-state index contributed by atoms with van der Waals surface area (Å²) in [5.41, 5.74) is 2.42. The van der Waals surface area contributed by atoms with Gasteiger partial charge in [0.25, 0.3) is 5.91 Å². The quantitative estimate of drug-likeness (QED) is 0.630. The van der Waals surface area contributed by atoms with Gasteiger partial charge in [-0.3, -0.25) is 10.1 Å². The molecule has 0 aliphatic carbocycles. The standard InChI is InChI=1S/C21H26N4O2/c1-25(2)18-11-6-8-16(14-18)20(26)24-21(22-15-19-12-7-13-27-19)23-17-9-4-3-5-10-17/h3-6,8-11,14,19H,7,12-13,15H2,1-2H3,(H2,22,23,24,26)/t19-/m0/s1. The predicted octanol–water partition coefficient (Wildman–Crippen LogP) is 3.13. The van der Waals surface area contributed by atoms with Gasteiger partial charge in [-0.1, -0.05) is 24.3 Å². The second kappa shape index (κ2) is 9.19. The van der Waals surface area contributed by atoms with E-state index in [0.29, 0.717) is 18.1 Å². The molecule has 6 nitrogen and oxygen atoms in total. The summed E-state index contributed by atoms with van der Waals surface area (Å²) in [7, 11) is 3.89. The number of nitrogens with zero attached hydrogens (tertiary/aromatic N) is 2. The third-order valence-corrected chi connectivity index (χ3v) is 4.37. The van der Waals surface area contributed by atoms with Gasteiger partial charge in [-0.05, 0) is 43.2 Å². The van der Waals surface area contributed by atoms with Crippen LogP contribution in [0.25, 0.3) is 0 Å². The van der Waals surface area contributed by atoms with E-state index in [1.807, 2.05) is 67.5 Å². The molecule has 6 heteroatoms. The molecule has 1 aliphatic heterocycles. The highest BCUT2D eigenvalue weighted by atomic mass is 16.5. The average molecular weight is 366 g/mol. The van der Waals surface area contributed by atoms with E-state index in [-0.39, 0.29) is 12.0 Å². The van der Waals surface area contributed by atoms with Crippen molar-refractivity contribution in [1.29, 1.82) is 0 Å². The van der Waals surface area contributed by atoms with Crippen LogP contribution in [0.5, 0.6) is 0 Å². The fourth-order valence-electron chi connectivity index (χ4n) is 2.85. The van der Waals surface area contributed by atoms with Crippen molar-refractivity contribution in [1.82, 2.24) is 5.32 Å². The van der Waals surface area contributed by atoms with Crippen molar-refractivity contribution in [3.63, 3.8) is 0 Å². The molecule has 1 amide bonds. The smallest absolute Gasteiger partial charge is 0.258 e. The van der Waals surface area contributed by atoms with Gasteiger partial charge in [-0.15, -0.1) is 0 Å². The minimum Gasteiger partial charge on any atom is -0.378 e. The van der Waals surface area contributed by atoms with Crippen LogP contribution in [0.3, 0.4) is 0 Å². The maximum Gasteiger partial charge on any atom is 0.258 e. The molecule has 0 unspecified atom stereocenters. The molecule has 2 aromatic rings. The number of ether oxygens (including phenoxy) is 1. The summed E-state index contributed by atoms with van der Waals surface area (Å²) in [6, 6.07) is 17.2. The van der Waals surface area contributed by atoms with Crippen molar-refractivity contribution in [3.8, 4) is 0 Å². The Morgan fingerprint density at radius 1 is 1.19 bits per heavy atom. The van der Waals surface area contributed by atoms with Crippen LogP contribution in [0.4, 0.5) is 11.4 Å². The lowest BCUT2D eigenvalue weighted by Gasteiger charge is -2.15. The van der Waals surface area contributed by atoms with Gasteiger partial charge in [-0.2, -0.15) is 0 Å². The number of guanidine groups is 1. The van der Waals surface area contributed by atoms with Crippen LogP contribution < -0.4 is 15.5 Å². The van der Waals surface area contributed by atoms with E-state index in [4.69, 9.17) is 4.74 Å². The number of aliphatic imine (C=N–C) groups is 1. The molecule has 3 rings (SSSR count). The van der Waals surface area contributed by atoms with Gasteiger partial charge in [-0.25, -0.2) is 4.99 Å². The number of carbonyl (C=O) groups excluding carboxylic acids is 1. The Labute approximate surface area is 160 Å². The summed E-state index contributed by atoms with van der Waals surface area (Å²) in [5.74, 6) is 0.227. The summed E-state index contributed by atoms with van der Waals surface area (Å²) < 4.78 is 5.63. The lowest BCUT2D eigenvalue weighted by molar-refractivity contribution is 0.0975. The number of carbonyl (C=O) groups is 1. The van der Waals surface area contributed by atoms with Gasteiger partial charge < -0.3 is 15.0 Å². The predicted molar refractivity (Wildman–Crippen MR) is 110 cm³/mol. The zero-order chi connectivity index (χ0) is 19.1. The molecule has 0 saturated carbocycles. The number of rotatable bonds is 5. The van der Waals surface area contributed by atoms with Gasteiger partial charge in [0.1, 0.15) is 0 Å². The molecule has 27 heavy (non-hydrogen) atoms. The van der Waals surface area contributed by atoms with Crippen molar-refractivity contribution in [2.45, 2.75) is 18.9 Å². The lowest BCUT2D eigenvalue weighted by Crippen LogP contribution is -2.36. The van der Waals surface area contributed by atoms with Crippen molar-refractivity contribution in [3.05, 3.63) is 60.2 Å². The Balaban J connectivity index is 1.74. The van der Waals surface area contributed by atoms with E-state index in [1.165, 1.54) is 0 Å². The topological polar surface area (TPSA) is 66.0 Å². The highest BCUT2D eigenvalue weighted by Crippen LogP contribution is 2.14. The second-order valence-electron chi connectivity index (χ2n) is 6.71. The zero-order valence-electron chi connectivity index (χ0n) is 15.8. The molecule has 2 N–H and O–H groups in total. The van der Waals surface area contributed by atoms with E-state index in [9.17, 15) is 4.79 Å². The van der Waals surface area contributed by atoms with Crippen LogP contribution in [-0.2, 0) is 4.74 Å². The maximum absolute atomic E-state index is 12.7. The highest BCUT2D eigenvalue weighted by molar-refractivity contribution is 6.10. The third-order valence-electron chi connectivity index (χ3n) is 4.37. The Morgan fingerprint density at radius 3 is 2.70 bits per heavy atom. The van der Waals surface area contributed by atoms with Crippen LogP contribution >= 0.6 is 0 Å². The van der Waals surface area contributed by atoms with Crippen molar-refractivity contribution >= 4 is 23.2 Å². The minimum absolute atomic E-state index is 0.117. The SMILES string of the molecule is CN(C)c1cccc(C(=O)NC(=NC[C@@H]2CCCO2)Nc2ccccc2)c1. The first-order chi connectivity index (χ1) is 13.1. The van der Waals surface area contributed by atoms with E-state index in [1.54, 1.807) is 6.07 Å². The van der Waals surface area contributed by atoms with Gasteiger partial charge in [0.2, 0.25) is 5.96 Å². The van der Waals surface area contributed by atoms with Crippen molar-refractivity contribution in [2.75, 3.05) is 37.5 Å². The third kappa shape index (κ3) is 5.56. The fraction of sp³-hybridized carbons (Fsp3) is 0.333. The summed E-state index contributed by atoms with van der Waals surface area (Å²) >= 11 is 0. The van der Waals surface area contributed by atoms with Gasteiger partial charge in [0.05, 0.1) is 12.6 Å². The molecule has 1 aliphatic rings. The number of anilines is 2.